The maximum absolute atomic E-state index is 13.5. The summed E-state index contributed by atoms with van der Waals surface area (Å²) in [5.74, 6) is -1.39. The van der Waals surface area contributed by atoms with Gasteiger partial charge in [0.05, 0.1) is 23.9 Å². The first-order chi connectivity index (χ1) is 17.0. The number of methoxy groups -OCH3 is 1. The molecule has 2 aromatic carbocycles. The normalized spacial score (nSPS) is 17.4. The fourth-order valence-electron chi connectivity index (χ4n) is 4.33. The number of pyridine rings is 1. The number of anilines is 2. The lowest BCUT2D eigenvalue weighted by Crippen LogP contribution is -2.29. The summed E-state index contributed by atoms with van der Waals surface area (Å²) in [6.07, 6.45) is 1.60. The van der Waals surface area contributed by atoms with Gasteiger partial charge in [-0.1, -0.05) is 32.9 Å². The second-order valence-corrected chi connectivity index (χ2v) is 10.00. The number of rotatable bonds is 5. The molecular weight excluding hydrogens is 454 g/mol. The summed E-state index contributed by atoms with van der Waals surface area (Å²) in [5, 5.41) is 11.6. The van der Waals surface area contributed by atoms with E-state index in [1.54, 1.807) is 42.6 Å². The minimum atomic E-state index is -0.903. The molecule has 1 aliphatic rings. The molecule has 7 heteroatoms. The lowest BCUT2D eigenvalue weighted by molar-refractivity contribution is -0.132. The molecule has 1 N–H and O–H groups in total. The van der Waals surface area contributed by atoms with Crippen LogP contribution in [-0.2, 0) is 15.0 Å². The maximum atomic E-state index is 13.5. The number of Topliss-reactive ketones (excluding diaryl/α,β-unsaturated/α-hetero) is 1. The van der Waals surface area contributed by atoms with Crippen LogP contribution in [0.1, 0.15) is 43.6 Å². The van der Waals surface area contributed by atoms with Crippen LogP contribution in [0.2, 0.25) is 0 Å². The summed E-state index contributed by atoms with van der Waals surface area (Å²) in [6.45, 7) is 6.18. The molecule has 0 saturated carbocycles. The van der Waals surface area contributed by atoms with Crippen LogP contribution in [0.5, 0.6) is 5.75 Å². The van der Waals surface area contributed by atoms with E-state index in [4.69, 9.17) is 4.74 Å². The first-order valence-electron chi connectivity index (χ1n) is 11.7. The van der Waals surface area contributed by atoms with E-state index in [1.165, 1.54) is 12.0 Å². The van der Waals surface area contributed by atoms with Crippen molar-refractivity contribution in [1.82, 2.24) is 4.98 Å². The molecule has 1 amide bonds. The van der Waals surface area contributed by atoms with Crippen LogP contribution >= 0.6 is 0 Å². The predicted octanol–water partition coefficient (Wildman–Crippen LogP) is 5.08. The monoisotopic (exact) mass is 485 g/mol. The Morgan fingerprint density at radius 2 is 1.72 bits per heavy atom. The fourth-order valence-corrected chi connectivity index (χ4v) is 4.33. The van der Waals surface area contributed by atoms with Gasteiger partial charge in [0, 0.05) is 31.7 Å². The number of amides is 1. The van der Waals surface area contributed by atoms with Crippen LogP contribution in [0.4, 0.5) is 11.4 Å². The van der Waals surface area contributed by atoms with Gasteiger partial charge in [-0.25, -0.2) is 0 Å². The number of aliphatic hydroxyl groups excluding tert-OH is 1. The van der Waals surface area contributed by atoms with Crippen molar-refractivity contribution in [3.63, 3.8) is 0 Å². The van der Waals surface area contributed by atoms with Gasteiger partial charge >= 0.3 is 0 Å². The van der Waals surface area contributed by atoms with Gasteiger partial charge in [-0.15, -0.1) is 0 Å². The number of aliphatic hydroxyl groups is 1. The average Bonchev–Trinajstić information content (AvgIpc) is 3.13. The number of hydrogen-bond donors (Lipinski definition) is 1. The third kappa shape index (κ3) is 4.44. The molecule has 1 saturated heterocycles. The van der Waals surface area contributed by atoms with E-state index in [9.17, 15) is 14.7 Å². The van der Waals surface area contributed by atoms with Crippen molar-refractivity contribution in [1.29, 1.82) is 0 Å². The van der Waals surface area contributed by atoms with Gasteiger partial charge < -0.3 is 14.7 Å². The highest BCUT2D eigenvalue weighted by atomic mass is 16.5. The summed E-state index contributed by atoms with van der Waals surface area (Å²) < 4.78 is 5.52. The maximum Gasteiger partial charge on any atom is 0.300 e. The highest BCUT2D eigenvalue weighted by Gasteiger charge is 2.48. The molecule has 0 bridgehead atoms. The Hall–Kier alpha value is -4.13. The van der Waals surface area contributed by atoms with Crippen LogP contribution in [0.15, 0.2) is 72.4 Å². The van der Waals surface area contributed by atoms with Crippen molar-refractivity contribution in [3.05, 3.63) is 89.3 Å². The number of aromatic nitrogens is 1. The Kier molecular flexibility index (Phi) is 6.59. The van der Waals surface area contributed by atoms with Gasteiger partial charge in [0.25, 0.3) is 11.7 Å². The number of hydrogen-bond acceptors (Lipinski definition) is 6. The summed E-state index contributed by atoms with van der Waals surface area (Å²) in [5.41, 5.74) is 3.03. The zero-order chi connectivity index (χ0) is 26.2. The summed E-state index contributed by atoms with van der Waals surface area (Å²) in [6, 6.07) is 17.2. The van der Waals surface area contributed by atoms with E-state index in [2.05, 4.69) is 25.8 Å². The van der Waals surface area contributed by atoms with E-state index in [0.717, 1.165) is 11.3 Å². The zero-order valence-electron chi connectivity index (χ0n) is 21.4. The molecular formula is C29H31N3O4. The molecule has 1 atom stereocenters. The largest absolute Gasteiger partial charge is 0.507 e. The number of nitrogens with zero attached hydrogens (tertiary/aromatic N) is 3. The quantitative estimate of drug-likeness (QED) is 0.308. The highest BCUT2D eigenvalue weighted by Crippen LogP contribution is 2.43. The topological polar surface area (TPSA) is 83.0 Å². The molecule has 3 aromatic rings. The summed E-state index contributed by atoms with van der Waals surface area (Å²) >= 11 is 0. The molecule has 36 heavy (non-hydrogen) atoms. The third-order valence-electron chi connectivity index (χ3n) is 6.38. The lowest BCUT2D eigenvalue weighted by Gasteiger charge is -2.25. The van der Waals surface area contributed by atoms with Crippen LogP contribution in [0, 0.1) is 0 Å². The Morgan fingerprint density at radius 1 is 1.03 bits per heavy atom. The van der Waals surface area contributed by atoms with Crippen molar-refractivity contribution in [3.8, 4) is 5.75 Å². The number of carbonyl (C=O) groups is 2. The third-order valence-corrected chi connectivity index (χ3v) is 6.38. The fraction of sp³-hybridized carbons (Fsp3) is 0.276. The molecule has 1 aromatic heterocycles. The van der Waals surface area contributed by atoms with Crippen molar-refractivity contribution in [2.45, 2.75) is 32.2 Å². The van der Waals surface area contributed by atoms with Crippen molar-refractivity contribution >= 4 is 28.8 Å². The Balaban J connectivity index is 1.95. The molecule has 0 spiro atoms. The number of carbonyl (C=O) groups excluding carboxylic acids is 2. The van der Waals surface area contributed by atoms with Gasteiger partial charge in [0.15, 0.2) is 0 Å². The van der Waals surface area contributed by atoms with Gasteiger partial charge in [-0.2, -0.15) is 0 Å². The standard InChI is InChI=1S/C29H31N3O4/c1-29(2,3)18-10-15-23(36-6)21(17-18)26(33)24-25(22-9-7-8-16-30-22)32(28(35)27(24)34)20-13-11-19(12-14-20)31(4)5/h7-17,25,33H,1-6H3/b26-24+. The molecule has 2 heterocycles. The molecule has 1 aliphatic heterocycles. The van der Waals surface area contributed by atoms with E-state index in [-0.39, 0.29) is 16.7 Å². The second-order valence-electron chi connectivity index (χ2n) is 10.00. The van der Waals surface area contributed by atoms with Crippen molar-refractivity contribution < 1.29 is 19.4 Å². The zero-order valence-corrected chi connectivity index (χ0v) is 21.4. The van der Waals surface area contributed by atoms with E-state index in [1.807, 2.05) is 43.3 Å². The Morgan fingerprint density at radius 3 is 2.28 bits per heavy atom. The minimum Gasteiger partial charge on any atom is -0.507 e. The molecule has 186 valence electrons. The Bertz CT molecular complexity index is 1320. The van der Waals surface area contributed by atoms with Crippen LogP contribution in [0.3, 0.4) is 0 Å². The van der Waals surface area contributed by atoms with E-state index < -0.39 is 17.7 Å². The first-order valence-corrected chi connectivity index (χ1v) is 11.7. The average molecular weight is 486 g/mol. The van der Waals surface area contributed by atoms with Gasteiger partial charge in [0.2, 0.25) is 0 Å². The van der Waals surface area contributed by atoms with Crippen molar-refractivity contribution in [2.24, 2.45) is 0 Å². The number of ketones is 1. The number of ether oxygens (including phenoxy) is 1. The Labute approximate surface area is 211 Å². The highest BCUT2D eigenvalue weighted by molar-refractivity contribution is 6.51. The van der Waals surface area contributed by atoms with E-state index >= 15 is 0 Å². The van der Waals surface area contributed by atoms with Crippen LogP contribution in [-0.4, -0.2) is 43.0 Å². The van der Waals surface area contributed by atoms with Gasteiger partial charge in [0.1, 0.15) is 17.6 Å². The molecule has 1 unspecified atom stereocenters. The lowest BCUT2D eigenvalue weighted by atomic mass is 9.85. The van der Waals surface area contributed by atoms with E-state index in [0.29, 0.717) is 22.7 Å². The minimum absolute atomic E-state index is 0.0280. The molecule has 0 aliphatic carbocycles. The van der Waals surface area contributed by atoms with Gasteiger partial charge in [-0.05, 0) is 59.5 Å². The molecule has 0 radical (unpaired) electrons. The SMILES string of the molecule is COc1ccc(C(C)(C)C)cc1/C(O)=C1\C(=O)C(=O)N(c2ccc(N(C)C)cc2)C1c1ccccn1. The summed E-state index contributed by atoms with van der Waals surface area (Å²) in [7, 11) is 5.35. The molecule has 7 nitrogen and oxygen atoms in total. The van der Waals surface area contributed by atoms with Crippen LogP contribution < -0.4 is 14.5 Å². The van der Waals surface area contributed by atoms with Crippen molar-refractivity contribution in [2.75, 3.05) is 31.0 Å². The summed E-state index contributed by atoms with van der Waals surface area (Å²) in [4.78, 5) is 34.6. The molecule has 1 fully saturated rings. The van der Waals surface area contributed by atoms with Crippen LogP contribution in [0.25, 0.3) is 5.76 Å². The second kappa shape index (κ2) is 9.49. The predicted molar refractivity (Wildman–Crippen MR) is 141 cm³/mol. The number of benzene rings is 2. The smallest absolute Gasteiger partial charge is 0.300 e. The first kappa shape index (κ1) is 25.0. The van der Waals surface area contributed by atoms with Gasteiger partial charge in [-0.3, -0.25) is 19.5 Å². The molecule has 4 rings (SSSR count).